The normalized spacial score (nSPS) is 29.0. The van der Waals surface area contributed by atoms with Crippen LogP contribution in [-0.2, 0) is 27.6 Å². The third-order valence-electron chi connectivity index (χ3n) is 5.27. The quantitative estimate of drug-likeness (QED) is 0.622. The lowest BCUT2D eigenvalue weighted by atomic mass is 10.0. The molecule has 12 heteroatoms. The van der Waals surface area contributed by atoms with Crippen molar-refractivity contribution >= 4 is 16.4 Å². The Labute approximate surface area is 151 Å². The van der Waals surface area contributed by atoms with Gasteiger partial charge < -0.3 is 10.2 Å². The van der Waals surface area contributed by atoms with Gasteiger partial charge in [-0.1, -0.05) is 5.21 Å². The third-order valence-corrected chi connectivity index (χ3v) is 5.61. The summed E-state index contributed by atoms with van der Waals surface area (Å²) in [5, 5.41) is 12.5. The molecule has 2 N–H and O–H groups in total. The first-order valence-corrected chi connectivity index (χ1v) is 10.1. The van der Waals surface area contributed by atoms with Crippen LogP contribution in [0.3, 0.4) is 0 Å². The minimum Gasteiger partial charge on any atom is -0.316 e. The van der Waals surface area contributed by atoms with Crippen molar-refractivity contribution < 1.29 is 22.0 Å². The van der Waals surface area contributed by atoms with Crippen LogP contribution in [0.25, 0.3) is 0 Å². The van der Waals surface area contributed by atoms with E-state index in [-0.39, 0.29) is 12.1 Å². The summed E-state index contributed by atoms with van der Waals surface area (Å²) in [6.07, 6.45) is 5.24. The van der Waals surface area contributed by atoms with Crippen molar-refractivity contribution in [3.63, 3.8) is 0 Å². The van der Waals surface area contributed by atoms with Crippen molar-refractivity contribution in [3.05, 3.63) is 11.9 Å². The minimum absolute atomic E-state index is 0.114. The molecule has 3 saturated heterocycles. The van der Waals surface area contributed by atoms with E-state index in [2.05, 4.69) is 19.9 Å². The number of urea groups is 1. The molecular formula is C14H22N6O5S. The largest absolute Gasteiger partial charge is 0.418 e. The molecule has 3 aliphatic heterocycles. The summed E-state index contributed by atoms with van der Waals surface area (Å²) in [5.74, 6) is 0.585. The van der Waals surface area contributed by atoms with Gasteiger partial charge in [-0.05, 0) is 44.7 Å². The molecule has 26 heavy (non-hydrogen) atoms. The van der Waals surface area contributed by atoms with Gasteiger partial charge in [0, 0.05) is 12.7 Å². The molecule has 0 aromatic carbocycles. The van der Waals surface area contributed by atoms with Gasteiger partial charge in [0.05, 0.1) is 24.3 Å². The Hall–Kier alpha value is -1.76. The van der Waals surface area contributed by atoms with E-state index in [0.29, 0.717) is 31.8 Å². The van der Waals surface area contributed by atoms with E-state index in [4.69, 9.17) is 4.55 Å². The lowest BCUT2D eigenvalue weighted by Crippen LogP contribution is -2.42. The molecule has 4 rings (SSSR count). The summed E-state index contributed by atoms with van der Waals surface area (Å²) in [4.78, 5) is 14.0. The number of aromatic nitrogens is 3. The van der Waals surface area contributed by atoms with Crippen LogP contribution < -0.4 is 5.32 Å². The van der Waals surface area contributed by atoms with E-state index < -0.39 is 16.4 Å². The zero-order valence-electron chi connectivity index (χ0n) is 14.2. The molecule has 144 valence electrons. The van der Waals surface area contributed by atoms with Crippen LogP contribution in [0.2, 0.25) is 0 Å². The number of hydrogen-bond acceptors (Lipinski definition) is 7. The molecule has 0 saturated carbocycles. The summed E-state index contributed by atoms with van der Waals surface area (Å²) in [7, 11) is -4.72. The number of rotatable bonds is 6. The van der Waals surface area contributed by atoms with Gasteiger partial charge >= 0.3 is 16.4 Å². The van der Waals surface area contributed by atoms with Crippen LogP contribution >= 0.6 is 0 Å². The third kappa shape index (κ3) is 3.68. The molecule has 0 spiro atoms. The van der Waals surface area contributed by atoms with E-state index in [1.807, 2.05) is 6.20 Å². The Morgan fingerprint density at radius 2 is 2.19 bits per heavy atom. The summed E-state index contributed by atoms with van der Waals surface area (Å²) in [5.41, 5.74) is 0.941. The second kappa shape index (κ2) is 6.76. The maximum Gasteiger partial charge on any atom is 0.418 e. The average molecular weight is 386 g/mol. The fourth-order valence-corrected chi connectivity index (χ4v) is 4.41. The van der Waals surface area contributed by atoms with Crippen molar-refractivity contribution in [3.8, 4) is 0 Å². The van der Waals surface area contributed by atoms with Gasteiger partial charge in [0.15, 0.2) is 0 Å². The summed E-state index contributed by atoms with van der Waals surface area (Å²) in [6, 6.07) is -1.04. The zero-order valence-corrected chi connectivity index (χ0v) is 15.0. The van der Waals surface area contributed by atoms with Crippen molar-refractivity contribution in [1.82, 2.24) is 30.3 Å². The Morgan fingerprint density at radius 1 is 1.35 bits per heavy atom. The van der Waals surface area contributed by atoms with Crippen molar-refractivity contribution in [2.45, 2.75) is 44.3 Å². The Bertz CT molecular complexity index is 777. The highest BCUT2D eigenvalue weighted by Crippen LogP contribution is 2.31. The molecule has 3 aliphatic rings. The number of nitrogens with zero attached hydrogens (tertiary/aromatic N) is 5. The number of amides is 2. The number of fused-ring (bicyclic) bond motifs is 2. The van der Waals surface area contributed by atoms with E-state index in [9.17, 15) is 13.2 Å². The van der Waals surface area contributed by atoms with E-state index in [1.165, 1.54) is 0 Å². The minimum atomic E-state index is -4.72. The van der Waals surface area contributed by atoms with Gasteiger partial charge in [-0.3, -0.25) is 9.23 Å². The maximum atomic E-state index is 12.4. The molecule has 1 aromatic rings. The fraction of sp³-hybridized carbons (Fsp3) is 0.786. The van der Waals surface area contributed by atoms with Crippen molar-refractivity contribution in [1.29, 1.82) is 0 Å². The number of carbonyl (C=O) groups excluding carboxylic acids is 1. The molecule has 3 atom stereocenters. The number of hydrogen-bond donors (Lipinski definition) is 2. The molecule has 2 bridgehead atoms. The molecule has 4 heterocycles. The van der Waals surface area contributed by atoms with Gasteiger partial charge in [-0.15, -0.1) is 9.38 Å². The lowest BCUT2D eigenvalue weighted by molar-refractivity contribution is -0.0317. The maximum absolute atomic E-state index is 12.4. The van der Waals surface area contributed by atoms with Crippen LogP contribution in [0.15, 0.2) is 6.20 Å². The second-order valence-corrected chi connectivity index (χ2v) is 8.15. The van der Waals surface area contributed by atoms with Gasteiger partial charge in [0.25, 0.3) is 0 Å². The number of hydroxylamine groups is 2. The summed E-state index contributed by atoms with van der Waals surface area (Å²) in [6.45, 7) is 2.91. The van der Waals surface area contributed by atoms with Crippen molar-refractivity contribution in [2.75, 3.05) is 19.6 Å². The predicted molar refractivity (Wildman–Crippen MR) is 88.1 cm³/mol. The number of nitrogens with one attached hydrogen (secondary N) is 1. The number of carbonyl (C=O) groups is 1. The zero-order chi connectivity index (χ0) is 18.3. The Morgan fingerprint density at radius 3 is 2.92 bits per heavy atom. The van der Waals surface area contributed by atoms with Gasteiger partial charge in [-0.2, -0.15) is 13.5 Å². The highest BCUT2D eigenvalue weighted by atomic mass is 32.3. The molecule has 0 aliphatic carbocycles. The molecule has 2 amide bonds. The SMILES string of the molecule is O=C1N2CC(CCC2Cn2cc(CC3CCNC3)nn2)N1OS(=O)(=O)O. The predicted octanol–water partition coefficient (Wildman–Crippen LogP) is -0.567. The highest BCUT2D eigenvalue weighted by Gasteiger charge is 2.47. The van der Waals surface area contributed by atoms with Gasteiger partial charge in [-0.25, -0.2) is 4.79 Å². The average Bonchev–Trinajstić information content (AvgIpc) is 3.28. The lowest BCUT2D eigenvalue weighted by Gasteiger charge is -2.30. The van der Waals surface area contributed by atoms with Crippen molar-refractivity contribution in [2.24, 2.45) is 5.92 Å². The van der Waals surface area contributed by atoms with Crippen LogP contribution in [0, 0.1) is 5.92 Å². The van der Waals surface area contributed by atoms with Crippen LogP contribution in [0.1, 0.15) is 25.0 Å². The Balaban J connectivity index is 1.39. The topological polar surface area (TPSA) is 130 Å². The summed E-state index contributed by atoms with van der Waals surface area (Å²) >= 11 is 0. The molecular weight excluding hydrogens is 364 g/mol. The molecule has 11 nitrogen and oxygen atoms in total. The van der Waals surface area contributed by atoms with Gasteiger partial charge in [0.1, 0.15) is 0 Å². The summed E-state index contributed by atoms with van der Waals surface area (Å²) < 4.78 is 36.9. The molecule has 3 fully saturated rings. The highest BCUT2D eigenvalue weighted by molar-refractivity contribution is 7.80. The van der Waals surface area contributed by atoms with E-state index in [1.54, 1.807) is 9.58 Å². The Kier molecular flexibility index (Phi) is 4.59. The molecule has 3 unspecified atom stereocenters. The van der Waals surface area contributed by atoms with E-state index >= 15 is 0 Å². The fourth-order valence-electron chi connectivity index (χ4n) is 4.02. The first kappa shape index (κ1) is 17.6. The van der Waals surface area contributed by atoms with Crippen LogP contribution in [-0.4, -0.2) is 75.7 Å². The molecule has 1 aromatic heterocycles. The standard InChI is InChI=1S/C14H22N6O5S/c21-14-19-9-13(20(14)25-26(22,23)24)2-1-12(19)8-18-7-11(16-17-18)5-10-3-4-15-6-10/h7,10,12-13,15H,1-6,8-9H2,(H,22,23,24). The molecule has 0 radical (unpaired) electrons. The van der Waals surface area contributed by atoms with Crippen LogP contribution in [0.5, 0.6) is 0 Å². The second-order valence-electron chi connectivity index (χ2n) is 7.14. The smallest absolute Gasteiger partial charge is 0.316 e. The monoisotopic (exact) mass is 386 g/mol. The van der Waals surface area contributed by atoms with Crippen LogP contribution in [0.4, 0.5) is 4.79 Å². The number of piperidine rings is 1. The first-order chi connectivity index (χ1) is 12.4. The van der Waals surface area contributed by atoms with E-state index in [0.717, 1.165) is 36.7 Å². The first-order valence-electron chi connectivity index (χ1n) is 8.75. The van der Waals surface area contributed by atoms with Gasteiger partial charge in [0.2, 0.25) is 0 Å².